The molecular weight excluding hydrogens is 342 g/mol. The number of piperidine rings is 1. The number of hydrogen-bond acceptors (Lipinski definition) is 3. The van der Waals surface area contributed by atoms with Crippen LogP contribution in [0.4, 0.5) is 0 Å². The van der Waals surface area contributed by atoms with Crippen LogP contribution in [0.1, 0.15) is 28.5 Å². The molecule has 6 nitrogen and oxygen atoms in total. The number of fused-ring (bicyclic) bond motifs is 5. The Kier molecular flexibility index (Phi) is 3.60. The van der Waals surface area contributed by atoms with Crippen LogP contribution in [0.15, 0.2) is 47.3 Å². The molecule has 1 N–H and O–H groups in total. The molecule has 2 bridgehead atoms. The number of carbonyl (C=O) groups excluding carboxylic acids is 1. The molecular formula is C21H21N3O3. The van der Waals surface area contributed by atoms with E-state index in [9.17, 15) is 9.59 Å². The van der Waals surface area contributed by atoms with Crippen molar-refractivity contribution in [3.05, 3.63) is 64.2 Å². The Labute approximate surface area is 156 Å². The Bertz CT molecular complexity index is 1100. The molecule has 6 heteroatoms. The minimum Gasteiger partial charge on any atom is -0.497 e. The van der Waals surface area contributed by atoms with Crippen LogP contribution >= 0.6 is 0 Å². The van der Waals surface area contributed by atoms with Crippen LogP contribution in [0.5, 0.6) is 5.75 Å². The third-order valence-electron chi connectivity index (χ3n) is 5.83. The predicted octanol–water partition coefficient (Wildman–Crippen LogP) is 2.60. The number of H-pyrrole nitrogens is 1. The second kappa shape index (κ2) is 6.01. The summed E-state index contributed by atoms with van der Waals surface area (Å²) in [5.41, 5.74) is 2.61. The highest BCUT2D eigenvalue weighted by Crippen LogP contribution is 2.35. The molecule has 27 heavy (non-hydrogen) atoms. The molecule has 3 aromatic rings. The van der Waals surface area contributed by atoms with Crippen LogP contribution < -0.4 is 10.3 Å². The van der Waals surface area contributed by atoms with Gasteiger partial charge in [0, 0.05) is 54.3 Å². The Morgan fingerprint density at radius 1 is 1.15 bits per heavy atom. The minimum absolute atomic E-state index is 0.0200. The summed E-state index contributed by atoms with van der Waals surface area (Å²) in [4.78, 5) is 30.4. The van der Waals surface area contributed by atoms with Crippen LogP contribution in [-0.4, -0.2) is 40.6 Å². The van der Waals surface area contributed by atoms with Crippen LogP contribution in [0.3, 0.4) is 0 Å². The number of ether oxygens (including phenoxy) is 1. The molecule has 0 radical (unpaired) electrons. The Morgan fingerprint density at radius 3 is 2.89 bits per heavy atom. The Morgan fingerprint density at radius 2 is 2.04 bits per heavy atom. The van der Waals surface area contributed by atoms with Crippen molar-refractivity contribution in [3.63, 3.8) is 0 Å². The van der Waals surface area contributed by atoms with Gasteiger partial charge in [0.2, 0.25) is 0 Å². The predicted molar refractivity (Wildman–Crippen MR) is 102 cm³/mol. The smallest absolute Gasteiger partial charge is 0.270 e. The summed E-state index contributed by atoms with van der Waals surface area (Å²) >= 11 is 0. The van der Waals surface area contributed by atoms with Crippen LogP contribution in [-0.2, 0) is 6.54 Å². The molecule has 2 aliphatic heterocycles. The van der Waals surface area contributed by atoms with Crippen molar-refractivity contribution in [1.82, 2.24) is 14.5 Å². The second-order valence-electron chi connectivity index (χ2n) is 7.54. The number of likely N-dealkylation sites (tertiary alicyclic amines) is 1. The molecule has 1 fully saturated rings. The summed E-state index contributed by atoms with van der Waals surface area (Å²) in [6, 6.07) is 13.1. The molecule has 4 heterocycles. The normalized spacial score (nSPS) is 21.1. The highest BCUT2D eigenvalue weighted by molar-refractivity contribution is 5.98. The van der Waals surface area contributed by atoms with E-state index >= 15 is 0 Å². The van der Waals surface area contributed by atoms with Gasteiger partial charge in [0.05, 0.1) is 7.11 Å². The topological polar surface area (TPSA) is 67.3 Å². The van der Waals surface area contributed by atoms with Gasteiger partial charge in [0.1, 0.15) is 11.4 Å². The van der Waals surface area contributed by atoms with Crippen molar-refractivity contribution in [2.45, 2.75) is 18.9 Å². The van der Waals surface area contributed by atoms with E-state index in [0.717, 1.165) is 28.8 Å². The molecule has 1 saturated heterocycles. The first kappa shape index (κ1) is 16.2. The first-order valence-corrected chi connectivity index (χ1v) is 9.28. The van der Waals surface area contributed by atoms with E-state index in [-0.39, 0.29) is 17.4 Å². The summed E-state index contributed by atoms with van der Waals surface area (Å²) in [6.07, 6.45) is 1.04. The number of nitrogens with one attached hydrogen (secondary N) is 1. The standard InChI is InChI=1S/C21H21N3O3/c1-27-16-6-5-14-8-18(22-17(14)9-16)21(26)23-10-13-7-15(12-23)19-3-2-4-20(25)24(19)11-13/h2-6,8-9,13,15,22H,7,10-12H2,1H3. The van der Waals surface area contributed by atoms with Crippen molar-refractivity contribution >= 4 is 16.8 Å². The molecule has 2 aliphatic rings. The van der Waals surface area contributed by atoms with Gasteiger partial charge in [0.15, 0.2) is 0 Å². The monoisotopic (exact) mass is 363 g/mol. The number of pyridine rings is 1. The molecule has 1 amide bonds. The summed E-state index contributed by atoms with van der Waals surface area (Å²) in [7, 11) is 1.63. The fourth-order valence-corrected chi connectivity index (χ4v) is 4.58. The van der Waals surface area contributed by atoms with Gasteiger partial charge >= 0.3 is 0 Å². The molecule has 2 atom stereocenters. The number of aromatic nitrogens is 2. The number of methoxy groups -OCH3 is 1. The lowest BCUT2D eigenvalue weighted by Gasteiger charge is -2.42. The third kappa shape index (κ3) is 2.63. The van der Waals surface area contributed by atoms with Gasteiger partial charge in [-0.15, -0.1) is 0 Å². The quantitative estimate of drug-likeness (QED) is 0.761. The number of aromatic amines is 1. The fraction of sp³-hybridized carbons (Fsp3) is 0.333. The number of carbonyl (C=O) groups is 1. The van der Waals surface area contributed by atoms with Crippen LogP contribution in [0, 0.1) is 5.92 Å². The SMILES string of the molecule is COc1ccc2cc(C(=O)N3CC4CC(C3)c3cccc(=O)n3C4)[nH]c2c1. The van der Waals surface area contributed by atoms with E-state index in [1.54, 1.807) is 13.2 Å². The number of amides is 1. The molecule has 0 spiro atoms. The molecule has 1 aromatic carbocycles. The van der Waals surface area contributed by atoms with Gasteiger partial charge < -0.3 is 19.2 Å². The maximum absolute atomic E-state index is 13.1. The summed E-state index contributed by atoms with van der Waals surface area (Å²) in [6.45, 7) is 2.03. The molecule has 2 aromatic heterocycles. The van der Waals surface area contributed by atoms with E-state index < -0.39 is 0 Å². The summed E-state index contributed by atoms with van der Waals surface area (Å²) in [5.74, 6) is 1.33. The zero-order valence-corrected chi connectivity index (χ0v) is 15.1. The zero-order valence-electron chi connectivity index (χ0n) is 15.1. The Hall–Kier alpha value is -3.02. The largest absolute Gasteiger partial charge is 0.497 e. The van der Waals surface area contributed by atoms with E-state index in [1.807, 2.05) is 45.9 Å². The lowest BCUT2D eigenvalue weighted by molar-refractivity contribution is 0.0589. The van der Waals surface area contributed by atoms with E-state index in [2.05, 4.69) is 4.98 Å². The number of benzene rings is 1. The van der Waals surface area contributed by atoms with Crippen molar-refractivity contribution in [2.24, 2.45) is 5.92 Å². The molecule has 138 valence electrons. The fourth-order valence-electron chi connectivity index (χ4n) is 4.58. The van der Waals surface area contributed by atoms with E-state index in [4.69, 9.17) is 4.74 Å². The first-order valence-electron chi connectivity index (χ1n) is 9.28. The summed E-state index contributed by atoms with van der Waals surface area (Å²) < 4.78 is 7.14. The van der Waals surface area contributed by atoms with E-state index in [1.165, 1.54) is 0 Å². The van der Waals surface area contributed by atoms with Crippen LogP contribution in [0.2, 0.25) is 0 Å². The third-order valence-corrected chi connectivity index (χ3v) is 5.83. The molecule has 5 rings (SSSR count). The zero-order chi connectivity index (χ0) is 18.5. The lowest BCUT2D eigenvalue weighted by atomic mass is 9.83. The maximum atomic E-state index is 13.1. The average Bonchev–Trinajstić information content (AvgIpc) is 3.11. The van der Waals surface area contributed by atoms with Crippen molar-refractivity contribution < 1.29 is 9.53 Å². The Balaban J connectivity index is 1.44. The molecule has 0 aliphatic carbocycles. The maximum Gasteiger partial charge on any atom is 0.270 e. The van der Waals surface area contributed by atoms with Crippen molar-refractivity contribution in [2.75, 3.05) is 20.2 Å². The second-order valence-corrected chi connectivity index (χ2v) is 7.54. The minimum atomic E-state index is 0.0200. The molecule has 0 saturated carbocycles. The van der Waals surface area contributed by atoms with Gasteiger partial charge in [0.25, 0.3) is 11.5 Å². The average molecular weight is 363 g/mol. The number of hydrogen-bond donors (Lipinski definition) is 1. The first-order chi connectivity index (χ1) is 13.1. The highest BCUT2D eigenvalue weighted by Gasteiger charge is 2.36. The van der Waals surface area contributed by atoms with Crippen LogP contribution in [0.25, 0.3) is 10.9 Å². The van der Waals surface area contributed by atoms with Crippen molar-refractivity contribution in [3.8, 4) is 5.75 Å². The highest BCUT2D eigenvalue weighted by atomic mass is 16.5. The van der Waals surface area contributed by atoms with Gasteiger partial charge in [-0.1, -0.05) is 6.07 Å². The van der Waals surface area contributed by atoms with Gasteiger partial charge in [-0.2, -0.15) is 0 Å². The number of nitrogens with zero attached hydrogens (tertiary/aromatic N) is 2. The van der Waals surface area contributed by atoms with Gasteiger partial charge in [-0.25, -0.2) is 0 Å². The summed E-state index contributed by atoms with van der Waals surface area (Å²) in [5, 5.41) is 0.994. The van der Waals surface area contributed by atoms with E-state index in [0.29, 0.717) is 31.2 Å². The molecule has 2 unspecified atom stereocenters. The lowest BCUT2D eigenvalue weighted by Crippen LogP contribution is -2.49. The number of rotatable bonds is 2. The van der Waals surface area contributed by atoms with Gasteiger partial charge in [-0.05, 0) is 36.6 Å². The van der Waals surface area contributed by atoms with Gasteiger partial charge in [-0.3, -0.25) is 9.59 Å². The van der Waals surface area contributed by atoms with Crippen molar-refractivity contribution in [1.29, 1.82) is 0 Å².